The normalized spacial score (nSPS) is 11.8. The Morgan fingerprint density at radius 1 is 1.07 bits per heavy atom. The van der Waals surface area contributed by atoms with E-state index in [9.17, 15) is 14.0 Å². The number of halogens is 1. The minimum Gasteiger partial charge on any atom is -0.497 e. The van der Waals surface area contributed by atoms with Gasteiger partial charge in [-0.1, -0.05) is 44.2 Å². The van der Waals surface area contributed by atoms with Crippen LogP contribution in [0.2, 0.25) is 0 Å². The van der Waals surface area contributed by atoms with Gasteiger partial charge in [-0.25, -0.2) is 4.39 Å². The largest absolute Gasteiger partial charge is 0.497 e. The van der Waals surface area contributed by atoms with Crippen molar-refractivity contribution >= 4 is 11.8 Å². The molecule has 1 N–H and O–H groups in total. The second-order valence-electron chi connectivity index (χ2n) is 7.45. The van der Waals surface area contributed by atoms with Crippen molar-refractivity contribution in [2.75, 3.05) is 13.7 Å². The number of carbonyl (C=O) groups excluding carboxylic acids is 2. The molecule has 0 aromatic heterocycles. The molecular weight excluding hydrogens is 371 g/mol. The van der Waals surface area contributed by atoms with Crippen molar-refractivity contribution in [3.8, 4) is 5.75 Å². The number of ether oxygens (including phenoxy) is 1. The predicted octanol–water partition coefficient (Wildman–Crippen LogP) is 3.57. The first kappa shape index (κ1) is 22.4. The number of rotatable bonds is 9. The van der Waals surface area contributed by atoms with Gasteiger partial charge in [0.05, 0.1) is 13.5 Å². The summed E-state index contributed by atoms with van der Waals surface area (Å²) in [5, 5.41) is 2.87. The maximum Gasteiger partial charge on any atom is 0.242 e. The molecule has 0 bridgehead atoms. The van der Waals surface area contributed by atoms with Gasteiger partial charge in [-0.2, -0.15) is 0 Å². The lowest BCUT2D eigenvalue weighted by Gasteiger charge is -2.29. The van der Waals surface area contributed by atoms with E-state index < -0.39 is 11.9 Å². The van der Waals surface area contributed by atoms with Crippen molar-refractivity contribution in [1.82, 2.24) is 10.2 Å². The Hall–Kier alpha value is -2.89. The fraction of sp³-hybridized carbons (Fsp3) is 0.391. The number of nitrogens with zero attached hydrogens (tertiary/aromatic N) is 1. The Morgan fingerprint density at radius 2 is 1.72 bits per heavy atom. The van der Waals surface area contributed by atoms with Gasteiger partial charge >= 0.3 is 0 Å². The van der Waals surface area contributed by atoms with Crippen LogP contribution >= 0.6 is 0 Å². The van der Waals surface area contributed by atoms with Gasteiger partial charge in [0, 0.05) is 13.1 Å². The van der Waals surface area contributed by atoms with Crippen molar-refractivity contribution in [1.29, 1.82) is 0 Å². The summed E-state index contributed by atoms with van der Waals surface area (Å²) in [7, 11) is 1.58. The SMILES string of the molecule is COc1ccc(CN(C(=O)Cc2ccccc2F)[C@@H](C)C(=O)NCC(C)C)cc1. The van der Waals surface area contributed by atoms with Crippen LogP contribution in [0.3, 0.4) is 0 Å². The third-order valence-electron chi connectivity index (χ3n) is 4.66. The molecular formula is C23H29FN2O3. The zero-order valence-corrected chi connectivity index (χ0v) is 17.4. The molecule has 0 aliphatic rings. The van der Waals surface area contributed by atoms with E-state index in [2.05, 4.69) is 5.32 Å². The van der Waals surface area contributed by atoms with Crippen LogP contribution in [-0.4, -0.2) is 36.4 Å². The number of nitrogens with one attached hydrogen (secondary N) is 1. The average Bonchev–Trinajstić information content (AvgIpc) is 2.71. The Labute approximate surface area is 171 Å². The molecule has 5 nitrogen and oxygen atoms in total. The van der Waals surface area contributed by atoms with Gasteiger partial charge in [0.2, 0.25) is 11.8 Å². The molecule has 0 aliphatic heterocycles. The molecule has 29 heavy (non-hydrogen) atoms. The lowest BCUT2D eigenvalue weighted by atomic mass is 10.1. The smallest absolute Gasteiger partial charge is 0.242 e. The molecule has 1 atom stereocenters. The second-order valence-corrected chi connectivity index (χ2v) is 7.45. The second kappa shape index (κ2) is 10.6. The molecule has 6 heteroatoms. The number of methoxy groups -OCH3 is 1. The lowest BCUT2D eigenvalue weighted by molar-refractivity contribution is -0.140. The van der Waals surface area contributed by atoms with Gasteiger partial charge in [-0.05, 0) is 42.2 Å². The summed E-state index contributed by atoms with van der Waals surface area (Å²) in [5.74, 6) is 0.0467. The summed E-state index contributed by atoms with van der Waals surface area (Å²) in [6.45, 7) is 6.47. The molecule has 2 rings (SSSR count). The monoisotopic (exact) mass is 400 g/mol. The van der Waals surface area contributed by atoms with Gasteiger partial charge in [-0.15, -0.1) is 0 Å². The Morgan fingerprint density at radius 3 is 2.31 bits per heavy atom. The van der Waals surface area contributed by atoms with Crippen LogP contribution in [0, 0.1) is 11.7 Å². The quantitative estimate of drug-likeness (QED) is 0.700. The third-order valence-corrected chi connectivity index (χ3v) is 4.66. The fourth-order valence-electron chi connectivity index (χ4n) is 2.87. The highest BCUT2D eigenvalue weighted by Crippen LogP contribution is 2.17. The predicted molar refractivity (Wildman–Crippen MR) is 111 cm³/mol. The van der Waals surface area contributed by atoms with Crippen molar-refractivity contribution < 1.29 is 18.7 Å². The Kier molecular flexibility index (Phi) is 8.19. The van der Waals surface area contributed by atoms with Crippen LogP contribution in [0.4, 0.5) is 4.39 Å². The van der Waals surface area contributed by atoms with E-state index in [-0.39, 0.29) is 24.8 Å². The first-order chi connectivity index (χ1) is 13.8. The Balaban J connectivity index is 2.21. The summed E-state index contributed by atoms with van der Waals surface area (Å²) < 4.78 is 19.2. The van der Waals surface area contributed by atoms with Gasteiger partial charge < -0.3 is 15.0 Å². The van der Waals surface area contributed by atoms with Crippen molar-refractivity contribution in [2.45, 2.75) is 39.8 Å². The van der Waals surface area contributed by atoms with Gasteiger partial charge in [-0.3, -0.25) is 9.59 Å². The molecule has 0 aliphatic carbocycles. The van der Waals surface area contributed by atoms with E-state index in [0.29, 0.717) is 23.8 Å². The van der Waals surface area contributed by atoms with Crippen LogP contribution in [0.5, 0.6) is 5.75 Å². The van der Waals surface area contributed by atoms with E-state index >= 15 is 0 Å². The van der Waals surface area contributed by atoms with E-state index in [1.165, 1.54) is 11.0 Å². The molecule has 0 unspecified atom stereocenters. The van der Waals surface area contributed by atoms with Crippen LogP contribution in [0.15, 0.2) is 48.5 Å². The molecule has 0 saturated heterocycles. The van der Waals surface area contributed by atoms with E-state index in [4.69, 9.17) is 4.74 Å². The van der Waals surface area contributed by atoms with E-state index in [1.807, 2.05) is 26.0 Å². The molecule has 0 saturated carbocycles. The fourth-order valence-corrected chi connectivity index (χ4v) is 2.87. The minimum atomic E-state index is -0.685. The highest BCUT2D eigenvalue weighted by molar-refractivity contribution is 5.88. The Bertz CT molecular complexity index is 821. The van der Waals surface area contributed by atoms with Crippen LogP contribution in [0.1, 0.15) is 31.9 Å². The van der Waals surface area contributed by atoms with Gasteiger partial charge in [0.1, 0.15) is 17.6 Å². The van der Waals surface area contributed by atoms with Gasteiger partial charge in [0.15, 0.2) is 0 Å². The molecule has 2 amide bonds. The van der Waals surface area contributed by atoms with Crippen LogP contribution in [0.25, 0.3) is 0 Å². The highest BCUT2D eigenvalue weighted by Gasteiger charge is 2.26. The zero-order valence-electron chi connectivity index (χ0n) is 17.4. The average molecular weight is 400 g/mol. The molecule has 0 fully saturated rings. The first-order valence-corrected chi connectivity index (χ1v) is 9.75. The summed E-state index contributed by atoms with van der Waals surface area (Å²) in [6.07, 6.45) is -0.107. The van der Waals surface area contributed by atoms with E-state index in [1.54, 1.807) is 44.4 Å². The standard InChI is InChI=1S/C23H29FN2O3/c1-16(2)14-25-23(28)17(3)26(15-18-9-11-20(29-4)12-10-18)22(27)13-19-7-5-6-8-21(19)24/h5-12,16-17H,13-15H2,1-4H3,(H,25,28)/t17-/m0/s1. The molecule has 0 radical (unpaired) electrons. The number of hydrogen-bond acceptors (Lipinski definition) is 3. The van der Waals surface area contributed by atoms with Crippen LogP contribution < -0.4 is 10.1 Å². The first-order valence-electron chi connectivity index (χ1n) is 9.75. The number of carbonyl (C=O) groups is 2. The summed E-state index contributed by atoms with van der Waals surface area (Å²) >= 11 is 0. The topological polar surface area (TPSA) is 58.6 Å². The molecule has 0 spiro atoms. The van der Waals surface area contributed by atoms with E-state index in [0.717, 1.165) is 5.56 Å². The maximum absolute atomic E-state index is 14.0. The van der Waals surface area contributed by atoms with Crippen LogP contribution in [-0.2, 0) is 22.6 Å². The maximum atomic E-state index is 14.0. The van der Waals surface area contributed by atoms with Gasteiger partial charge in [0.25, 0.3) is 0 Å². The molecule has 156 valence electrons. The summed E-state index contributed by atoms with van der Waals surface area (Å²) in [4.78, 5) is 27.1. The highest BCUT2D eigenvalue weighted by atomic mass is 19.1. The summed E-state index contributed by atoms with van der Waals surface area (Å²) in [6, 6.07) is 12.8. The number of hydrogen-bond donors (Lipinski definition) is 1. The zero-order chi connectivity index (χ0) is 21.4. The lowest BCUT2D eigenvalue weighted by Crippen LogP contribution is -2.48. The molecule has 2 aromatic rings. The minimum absolute atomic E-state index is 0.107. The summed E-state index contributed by atoms with van der Waals surface area (Å²) in [5.41, 5.74) is 1.17. The molecule has 0 heterocycles. The van der Waals surface area contributed by atoms with Crippen molar-refractivity contribution in [3.63, 3.8) is 0 Å². The molecule has 2 aromatic carbocycles. The number of benzene rings is 2. The van der Waals surface area contributed by atoms with Crippen molar-refractivity contribution in [3.05, 3.63) is 65.5 Å². The third kappa shape index (κ3) is 6.59. The number of amides is 2. The van der Waals surface area contributed by atoms with Crippen molar-refractivity contribution in [2.24, 2.45) is 5.92 Å².